The average molecular weight is 368 g/mol. The van der Waals surface area contributed by atoms with Crippen LogP contribution in [0.25, 0.3) is 0 Å². The highest BCUT2D eigenvalue weighted by atomic mass is 32.2. The Morgan fingerprint density at radius 3 is 2.72 bits per heavy atom. The first-order valence-electron chi connectivity index (χ1n) is 8.77. The Labute approximate surface area is 147 Å². The van der Waals surface area contributed by atoms with Crippen molar-refractivity contribution in [2.75, 3.05) is 31.1 Å². The average Bonchev–Trinajstić information content (AvgIpc) is 2.90. The Morgan fingerprint density at radius 1 is 1.36 bits per heavy atom. The lowest BCUT2D eigenvalue weighted by atomic mass is 9.79. The number of likely N-dealkylation sites (tertiary alicyclic amines) is 1. The number of fused-ring (bicyclic) bond motifs is 2. The molecule has 138 valence electrons. The molecule has 7 nitrogen and oxygen atoms in total. The van der Waals surface area contributed by atoms with Crippen molar-refractivity contribution in [3.8, 4) is 0 Å². The number of rotatable bonds is 5. The van der Waals surface area contributed by atoms with Crippen molar-refractivity contribution in [3.05, 3.63) is 12.7 Å². The van der Waals surface area contributed by atoms with E-state index in [1.807, 2.05) is 0 Å². The van der Waals surface area contributed by atoms with Crippen LogP contribution in [0.3, 0.4) is 0 Å². The van der Waals surface area contributed by atoms with E-state index in [0.29, 0.717) is 19.5 Å². The first kappa shape index (κ1) is 17.0. The van der Waals surface area contributed by atoms with Gasteiger partial charge >= 0.3 is 0 Å². The zero-order valence-electron chi connectivity index (χ0n) is 14.1. The third kappa shape index (κ3) is 2.52. The molecule has 2 aliphatic carbocycles. The van der Waals surface area contributed by atoms with Crippen molar-refractivity contribution >= 4 is 21.7 Å². The Morgan fingerprint density at radius 2 is 2.12 bits per heavy atom. The molecule has 25 heavy (non-hydrogen) atoms. The molecular weight excluding hydrogens is 344 g/mol. The van der Waals surface area contributed by atoms with Gasteiger partial charge in [-0.05, 0) is 12.8 Å². The summed E-state index contributed by atoms with van der Waals surface area (Å²) in [4.78, 5) is 26.4. The van der Waals surface area contributed by atoms with Crippen LogP contribution in [0.2, 0.25) is 0 Å². The van der Waals surface area contributed by atoms with E-state index < -0.39 is 20.7 Å². The van der Waals surface area contributed by atoms with E-state index in [1.54, 1.807) is 11.0 Å². The van der Waals surface area contributed by atoms with Crippen LogP contribution in [0.5, 0.6) is 0 Å². The molecule has 5 atom stereocenters. The van der Waals surface area contributed by atoms with Crippen LogP contribution < -0.4 is 5.32 Å². The molecule has 0 aromatic carbocycles. The number of nitrogens with zero attached hydrogens (tertiary/aromatic N) is 1. The van der Waals surface area contributed by atoms with Crippen LogP contribution in [0.15, 0.2) is 12.7 Å². The molecule has 0 spiro atoms. The molecular formula is C17H24N2O5S. The molecule has 0 bridgehead atoms. The zero-order valence-corrected chi connectivity index (χ0v) is 14.9. The summed E-state index contributed by atoms with van der Waals surface area (Å²) in [6, 6.07) is 0. The fraction of sp³-hybridized carbons (Fsp3) is 0.765. The number of hydrogen-bond donors (Lipinski definition) is 2. The predicted octanol–water partition coefficient (Wildman–Crippen LogP) is -0.677. The van der Waals surface area contributed by atoms with Gasteiger partial charge in [0.1, 0.15) is 0 Å². The van der Waals surface area contributed by atoms with Crippen LogP contribution in [0, 0.1) is 22.7 Å². The molecule has 0 unspecified atom stereocenters. The first-order chi connectivity index (χ1) is 11.7. The predicted molar refractivity (Wildman–Crippen MR) is 90.1 cm³/mol. The number of sulfone groups is 1. The SMILES string of the molecule is C=CCC(=O)N1C[C@H]2CS(=O)(=O)C[C@@]2(CNC(=O)[C@@]23C[C@@H](O)[C@@H]2C3)C1. The fourth-order valence-corrected chi connectivity index (χ4v) is 7.63. The van der Waals surface area contributed by atoms with E-state index in [4.69, 9.17) is 0 Å². The van der Waals surface area contributed by atoms with E-state index in [1.165, 1.54) is 0 Å². The van der Waals surface area contributed by atoms with Crippen molar-refractivity contribution in [3.63, 3.8) is 0 Å². The van der Waals surface area contributed by atoms with Crippen molar-refractivity contribution in [1.82, 2.24) is 10.2 Å². The van der Waals surface area contributed by atoms with Crippen molar-refractivity contribution in [2.24, 2.45) is 22.7 Å². The van der Waals surface area contributed by atoms with Gasteiger partial charge in [0.05, 0.1) is 23.0 Å². The lowest BCUT2D eigenvalue weighted by Gasteiger charge is -2.32. The standard InChI is InChI=1S/C17H24N2O5S/c1-2-3-14(21)19-6-11-7-25(23,24)10-16(11,9-19)8-18-15(22)17-4-12(17)13(20)5-17/h2,11-13,20H,1,3-10H2,(H,18,22)/t11-,12-,13+,16+,17-/m0/s1. The summed E-state index contributed by atoms with van der Waals surface area (Å²) in [5.41, 5.74) is -1.01. The highest BCUT2D eigenvalue weighted by Gasteiger charge is 2.71. The highest BCUT2D eigenvalue weighted by Crippen LogP contribution is 2.67. The summed E-state index contributed by atoms with van der Waals surface area (Å²) in [5, 5.41) is 12.6. The van der Waals surface area contributed by atoms with E-state index in [0.717, 1.165) is 6.42 Å². The molecule has 2 saturated heterocycles. The molecule has 2 N–H and O–H groups in total. The summed E-state index contributed by atoms with van der Waals surface area (Å²) < 4.78 is 24.3. The lowest BCUT2D eigenvalue weighted by molar-refractivity contribution is -0.133. The Bertz CT molecular complexity index is 750. The molecule has 4 rings (SSSR count). The molecule has 4 aliphatic rings. The van der Waals surface area contributed by atoms with E-state index in [9.17, 15) is 23.1 Å². The molecule has 8 heteroatoms. The molecule has 2 aliphatic heterocycles. The van der Waals surface area contributed by atoms with Gasteiger partial charge in [0.15, 0.2) is 9.84 Å². The molecule has 4 fully saturated rings. The van der Waals surface area contributed by atoms with Gasteiger partial charge in [0, 0.05) is 43.3 Å². The molecule has 0 radical (unpaired) electrons. The number of aliphatic hydroxyl groups excluding tert-OH is 1. The Balaban J connectivity index is 1.46. The number of carbonyl (C=O) groups is 2. The summed E-state index contributed by atoms with van der Waals surface area (Å²) in [6.07, 6.45) is 2.64. The maximum atomic E-state index is 12.5. The largest absolute Gasteiger partial charge is 0.393 e. The summed E-state index contributed by atoms with van der Waals surface area (Å²) >= 11 is 0. The number of amides is 2. The van der Waals surface area contributed by atoms with Crippen LogP contribution >= 0.6 is 0 Å². The molecule has 2 heterocycles. The zero-order chi connectivity index (χ0) is 18.0. The van der Waals surface area contributed by atoms with Gasteiger partial charge in [0.25, 0.3) is 0 Å². The van der Waals surface area contributed by atoms with Gasteiger partial charge in [-0.1, -0.05) is 6.08 Å². The van der Waals surface area contributed by atoms with E-state index in [2.05, 4.69) is 11.9 Å². The summed E-state index contributed by atoms with van der Waals surface area (Å²) in [6.45, 7) is 4.64. The molecule has 0 aromatic heterocycles. The van der Waals surface area contributed by atoms with Crippen LogP contribution in [0.1, 0.15) is 19.3 Å². The quantitative estimate of drug-likeness (QED) is 0.626. The number of aliphatic hydroxyl groups is 1. The van der Waals surface area contributed by atoms with Gasteiger partial charge < -0.3 is 15.3 Å². The lowest BCUT2D eigenvalue weighted by Crippen LogP contribution is -2.49. The molecule has 2 saturated carbocycles. The van der Waals surface area contributed by atoms with Crippen molar-refractivity contribution < 1.29 is 23.1 Å². The second-order valence-corrected chi connectivity index (χ2v) is 10.4. The van der Waals surface area contributed by atoms with Gasteiger partial charge in [-0.3, -0.25) is 9.59 Å². The minimum atomic E-state index is -3.15. The summed E-state index contributed by atoms with van der Waals surface area (Å²) in [7, 11) is -3.15. The number of carbonyl (C=O) groups excluding carboxylic acids is 2. The summed E-state index contributed by atoms with van der Waals surface area (Å²) in [5.74, 6) is -0.0882. The van der Waals surface area contributed by atoms with E-state index in [-0.39, 0.29) is 54.2 Å². The molecule has 2 amide bonds. The van der Waals surface area contributed by atoms with Crippen molar-refractivity contribution in [2.45, 2.75) is 25.4 Å². The monoisotopic (exact) mass is 368 g/mol. The minimum Gasteiger partial charge on any atom is -0.393 e. The Kier molecular flexibility index (Phi) is 3.61. The van der Waals surface area contributed by atoms with Gasteiger partial charge in [-0.2, -0.15) is 0 Å². The minimum absolute atomic E-state index is 0.0157. The number of hydrogen-bond acceptors (Lipinski definition) is 5. The third-order valence-corrected chi connectivity index (χ3v) is 8.60. The van der Waals surface area contributed by atoms with E-state index >= 15 is 0 Å². The highest BCUT2D eigenvalue weighted by molar-refractivity contribution is 7.91. The fourth-order valence-electron chi connectivity index (χ4n) is 5.14. The third-order valence-electron chi connectivity index (χ3n) is 6.67. The topological polar surface area (TPSA) is 104 Å². The van der Waals surface area contributed by atoms with Crippen molar-refractivity contribution in [1.29, 1.82) is 0 Å². The maximum Gasteiger partial charge on any atom is 0.226 e. The van der Waals surface area contributed by atoms with Crippen LogP contribution in [0.4, 0.5) is 0 Å². The van der Waals surface area contributed by atoms with Gasteiger partial charge in [0.2, 0.25) is 11.8 Å². The normalized spacial score (nSPS) is 42.9. The van der Waals surface area contributed by atoms with Crippen LogP contribution in [-0.4, -0.2) is 67.5 Å². The van der Waals surface area contributed by atoms with Gasteiger partial charge in [-0.15, -0.1) is 6.58 Å². The number of nitrogens with one attached hydrogen (secondary N) is 1. The Hall–Kier alpha value is -1.41. The maximum absolute atomic E-state index is 12.5. The smallest absolute Gasteiger partial charge is 0.226 e. The second kappa shape index (κ2) is 5.30. The van der Waals surface area contributed by atoms with Crippen LogP contribution in [-0.2, 0) is 19.4 Å². The molecule has 0 aromatic rings. The second-order valence-electron chi connectivity index (χ2n) is 8.30. The van der Waals surface area contributed by atoms with Gasteiger partial charge in [-0.25, -0.2) is 8.42 Å². The first-order valence-corrected chi connectivity index (χ1v) is 10.6.